The van der Waals surface area contributed by atoms with Gasteiger partial charge in [0.05, 0.1) is 11.6 Å². The van der Waals surface area contributed by atoms with Crippen LogP contribution in [-0.4, -0.2) is 17.1 Å². The molecule has 5 heteroatoms. The number of hydrogen-bond acceptors (Lipinski definition) is 4. The molecule has 0 radical (unpaired) electrons. The monoisotopic (exact) mass is 265 g/mol. The summed E-state index contributed by atoms with van der Waals surface area (Å²) in [5.74, 6) is -0.446. The number of ketones is 1. The minimum absolute atomic E-state index is 0.123. The molecule has 0 spiro atoms. The summed E-state index contributed by atoms with van der Waals surface area (Å²) in [5.41, 5.74) is 1.38. The number of carbonyl (C=O) groups excluding carboxylic acids is 2. The molecule has 1 heterocycles. The molecule has 1 aromatic carbocycles. The molecule has 0 saturated heterocycles. The normalized spacial score (nSPS) is 10.2. The van der Waals surface area contributed by atoms with Crippen LogP contribution in [-0.2, 0) is 10.7 Å². The molecular weight excluding hydrogens is 258 g/mol. The molecule has 0 aliphatic heterocycles. The average Bonchev–Trinajstić information content (AvgIpc) is 2.83. The van der Waals surface area contributed by atoms with Gasteiger partial charge in [-0.2, -0.15) is 0 Å². The minimum Gasteiger partial charge on any atom is -0.294 e. The number of halogens is 1. The second kappa shape index (κ2) is 5.21. The number of Topliss-reactive ketones (excluding diaryl/α,β-unsaturated/α-hetero) is 1. The molecule has 86 valence electrons. The van der Waals surface area contributed by atoms with Crippen molar-refractivity contribution in [2.75, 3.05) is 0 Å². The Labute approximate surface area is 107 Å². The lowest BCUT2D eigenvalue weighted by molar-refractivity contribution is -0.104. The minimum atomic E-state index is -0.569. The first-order valence-corrected chi connectivity index (χ1v) is 6.22. The van der Waals surface area contributed by atoms with Gasteiger partial charge in [0.15, 0.2) is 6.29 Å². The van der Waals surface area contributed by atoms with E-state index in [-0.39, 0.29) is 5.88 Å². The van der Waals surface area contributed by atoms with Crippen LogP contribution < -0.4 is 0 Å². The second-order valence-electron chi connectivity index (χ2n) is 3.28. The smallest absolute Gasteiger partial charge is 0.237 e. The van der Waals surface area contributed by atoms with Gasteiger partial charge < -0.3 is 0 Å². The second-order valence-corrected chi connectivity index (χ2v) is 4.54. The van der Waals surface area contributed by atoms with Gasteiger partial charge in [-0.25, -0.2) is 4.98 Å². The van der Waals surface area contributed by atoms with Crippen LogP contribution in [0.1, 0.15) is 15.4 Å². The third-order valence-electron chi connectivity index (χ3n) is 2.18. The van der Waals surface area contributed by atoms with E-state index in [9.17, 15) is 9.59 Å². The Kier molecular flexibility index (Phi) is 3.66. The predicted molar refractivity (Wildman–Crippen MR) is 67.5 cm³/mol. The first-order valence-electron chi connectivity index (χ1n) is 4.87. The SMILES string of the molecule is O=CC(=O)c1sc(-c2ccccc2)nc1CCl. The van der Waals surface area contributed by atoms with E-state index in [1.807, 2.05) is 30.3 Å². The first-order chi connectivity index (χ1) is 8.26. The highest BCUT2D eigenvalue weighted by molar-refractivity contribution is 7.17. The lowest BCUT2D eigenvalue weighted by Gasteiger charge is -1.92. The van der Waals surface area contributed by atoms with Crippen molar-refractivity contribution < 1.29 is 9.59 Å². The molecule has 0 bridgehead atoms. The summed E-state index contributed by atoms with van der Waals surface area (Å²) < 4.78 is 0. The van der Waals surface area contributed by atoms with Crippen LogP contribution in [0.2, 0.25) is 0 Å². The molecule has 0 aliphatic carbocycles. The van der Waals surface area contributed by atoms with Gasteiger partial charge in [0.2, 0.25) is 5.78 Å². The van der Waals surface area contributed by atoms with Gasteiger partial charge >= 0.3 is 0 Å². The molecule has 2 aromatic rings. The number of aldehydes is 1. The summed E-state index contributed by atoms with van der Waals surface area (Å²) >= 11 is 6.90. The zero-order valence-electron chi connectivity index (χ0n) is 8.72. The number of hydrogen-bond donors (Lipinski definition) is 0. The Morgan fingerprint density at radius 1 is 1.35 bits per heavy atom. The van der Waals surface area contributed by atoms with Gasteiger partial charge in [0.1, 0.15) is 9.88 Å². The fraction of sp³-hybridized carbons (Fsp3) is 0.0833. The Bertz CT molecular complexity index is 551. The van der Waals surface area contributed by atoms with Crippen LogP contribution in [0.5, 0.6) is 0 Å². The highest BCUT2D eigenvalue weighted by Gasteiger charge is 2.17. The lowest BCUT2D eigenvalue weighted by Crippen LogP contribution is -1.99. The maximum absolute atomic E-state index is 11.4. The Morgan fingerprint density at radius 3 is 2.65 bits per heavy atom. The molecule has 0 fully saturated rings. The fourth-order valence-electron chi connectivity index (χ4n) is 1.39. The molecule has 17 heavy (non-hydrogen) atoms. The van der Waals surface area contributed by atoms with E-state index in [0.29, 0.717) is 21.9 Å². The van der Waals surface area contributed by atoms with E-state index in [2.05, 4.69) is 4.98 Å². The molecule has 0 N–H and O–H groups in total. The maximum Gasteiger partial charge on any atom is 0.237 e. The fourth-order valence-corrected chi connectivity index (χ4v) is 2.65. The van der Waals surface area contributed by atoms with Crippen LogP contribution in [0.3, 0.4) is 0 Å². The van der Waals surface area contributed by atoms with Crippen LogP contribution in [0.15, 0.2) is 30.3 Å². The van der Waals surface area contributed by atoms with E-state index in [4.69, 9.17) is 11.6 Å². The highest BCUT2D eigenvalue weighted by atomic mass is 35.5. The van der Waals surface area contributed by atoms with Crippen molar-refractivity contribution in [2.45, 2.75) is 5.88 Å². The van der Waals surface area contributed by atoms with Crippen molar-refractivity contribution in [3.8, 4) is 10.6 Å². The topological polar surface area (TPSA) is 47.0 Å². The van der Waals surface area contributed by atoms with Crippen molar-refractivity contribution >= 4 is 35.0 Å². The average molecular weight is 266 g/mol. The molecule has 0 saturated carbocycles. The van der Waals surface area contributed by atoms with Crippen molar-refractivity contribution in [3.05, 3.63) is 40.9 Å². The molecule has 1 aromatic heterocycles. The zero-order valence-corrected chi connectivity index (χ0v) is 10.3. The Morgan fingerprint density at radius 2 is 2.06 bits per heavy atom. The third kappa shape index (κ3) is 2.43. The molecule has 0 amide bonds. The number of thiazole rings is 1. The Hall–Kier alpha value is -1.52. The van der Waals surface area contributed by atoms with Gasteiger partial charge in [0.25, 0.3) is 0 Å². The molecule has 0 unspecified atom stereocenters. The molecule has 0 atom stereocenters. The van der Waals surface area contributed by atoms with Crippen molar-refractivity contribution in [2.24, 2.45) is 0 Å². The van der Waals surface area contributed by atoms with Gasteiger partial charge in [0, 0.05) is 5.56 Å². The van der Waals surface area contributed by atoms with E-state index in [1.54, 1.807) is 0 Å². The Balaban J connectivity index is 2.48. The van der Waals surface area contributed by atoms with Gasteiger partial charge in [-0.3, -0.25) is 9.59 Å². The third-order valence-corrected chi connectivity index (χ3v) is 3.59. The number of rotatable bonds is 4. The lowest BCUT2D eigenvalue weighted by atomic mass is 10.2. The summed E-state index contributed by atoms with van der Waals surface area (Å²) in [6.07, 6.45) is 0.290. The van der Waals surface area contributed by atoms with E-state index in [1.165, 1.54) is 11.3 Å². The standard InChI is InChI=1S/C12H8ClNO2S/c13-6-9-11(10(16)7-15)17-12(14-9)8-4-2-1-3-5-8/h1-5,7H,6H2. The van der Waals surface area contributed by atoms with Gasteiger partial charge in [-0.05, 0) is 0 Å². The number of nitrogens with zero attached hydrogens (tertiary/aromatic N) is 1. The van der Waals surface area contributed by atoms with Crippen LogP contribution in [0.4, 0.5) is 0 Å². The molecular formula is C12H8ClNO2S. The number of carbonyl (C=O) groups is 2. The molecule has 0 aliphatic rings. The summed E-state index contributed by atoms with van der Waals surface area (Å²) in [6, 6.07) is 9.46. The predicted octanol–water partition coefficient (Wildman–Crippen LogP) is 2.93. The quantitative estimate of drug-likeness (QED) is 0.370. The summed E-state index contributed by atoms with van der Waals surface area (Å²) in [4.78, 5) is 26.5. The summed E-state index contributed by atoms with van der Waals surface area (Å²) in [6.45, 7) is 0. The van der Waals surface area contributed by atoms with Crippen LogP contribution in [0.25, 0.3) is 10.6 Å². The van der Waals surface area contributed by atoms with Gasteiger partial charge in [-0.15, -0.1) is 22.9 Å². The van der Waals surface area contributed by atoms with Gasteiger partial charge in [-0.1, -0.05) is 30.3 Å². The molecule has 2 rings (SSSR count). The van der Waals surface area contributed by atoms with Crippen molar-refractivity contribution in [1.82, 2.24) is 4.98 Å². The molecule has 3 nitrogen and oxygen atoms in total. The maximum atomic E-state index is 11.4. The van der Waals surface area contributed by atoms with Crippen molar-refractivity contribution in [3.63, 3.8) is 0 Å². The van der Waals surface area contributed by atoms with E-state index >= 15 is 0 Å². The van der Waals surface area contributed by atoms with Crippen LogP contribution >= 0.6 is 22.9 Å². The first kappa shape index (κ1) is 12.0. The number of aromatic nitrogens is 1. The van der Waals surface area contributed by atoms with E-state index in [0.717, 1.165) is 5.56 Å². The van der Waals surface area contributed by atoms with E-state index < -0.39 is 5.78 Å². The highest BCUT2D eigenvalue weighted by Crippen LogP contribution is 2.28. The summed E-state index contributed by atoms with van der Waals surface area (Å²) in [7, 11) is 0. The summed E-state index contributed by atoms with van der Waals surface area (Å²) in [5, 5.41) is 0.700. The number of alkyl halides is 1. The van der Waals surface area contributed by atoms with Crippen LogP contribution in [0, 0.1) is 0 Å². The number of benzene rings is 1. The van der Waals surface area contributed by atoms with Crippen molar-refractivity contribution in [1.29, 1.82) is 0 Å². The largest absolute Gasteiger partial charge is 0.294 e. The zero-order chi connectivity index (χ0) is 12.3.